The molecule has 94 valence electrons. The molecule has 4 nitrogen and oxygen atoms in total. The third-order valence-corrected chi connectivity index (χ3v) is 3.60. The number of nitrogens with two attached hydrogens (primary N) is 1. The lowest BCUT2D eigenvalue weighted by Gasteiger charge is -2.07. The molecule has 0 atom stereocenters. The first-order valence-electron chi connectivity index (χ1n) is 5.66. The van der Waals surface area contributed by atoms with Crippen molar-refractivity contribution in [3.05, 3.63) is 41.1 Å². The van der Waals surface area contributed by atoms with Crippen LogP contribution in [0.5, 0.6) is 0 Å². The second-order valence-electron chi connectivity index (χ2n) is 4.19. The fraction of sp³-hybridized carbons (Fsp3) is 0.231. The van der Waals surface area contributed by atoms with Gasteiger partial charge in [0.1, 0.15) is 5.03 Å². The maximum atomic E-state index is 5.35. The molecular weight excluding hydrogens is 244 g/mol. The Morgan fingerprint density at radius 2 is 1.89 bits per heavy atom. The molecule has 5 heteroatoms. The summed E-state index contributed by atoms with van der Waals surface area (Å²) in [7, 11) is 0. The van der Waals surface area contributed by atoms with E-state index in [2.05, 4.69) is 47.4 Å². The van der Waals surface area contributed by atoms with E-state index in [1.807, 2.05) is 13.0 Å². The van der Waals surface area contributed by atoms with E-state index < -0.39 is 0 Å². The van der Waals surface area contributed by atoms with Gasteiger partial charge in [0.15, 0.2) is 0 Å². The summed E-state index contributed by atoms with van der Waals surface area (Å²) in [6.45, 7) is 6.12. The Balaban J connectivity index is 2.30. The highest BCUT2D eigenvalue weighted by molar-refractivity contribution is 7.99. The summed E-state index contributed by atoms with van der Waals surface area (Å²) in [6.07, 6.45) is 0. The summed E-state index contributed by atoms with van der Waals surface area (Å²) < 4.78 is 0. The summed E-state index contributed by atoms with van der Waals surface area (Å²) in [4.78, 5) is 9.69. The van der Waals surface area contributed by atoms with Gasteiger partial charge < -0.3 is 0 Å². The van der Waals surface area contributed by atoms with Gasteiger partial charge in [-0.3, -0.25) is 5.43 Å². The number of aromatic nitrogens is 2. The van der Waals surface area contributed by atoms with Crippen LogP contribution in [0.3, 0.4) is 0 Å². The van der Waals surface area contributed by atoms with Crippen molar-refractivity contribution in [3.8, 4) is 0 Å². The second-order valence-corrected chi connectivity index (χ2v) is 5.25. The highest BCUT2D eigenvalue weighted by atomic mass is 32.2. The molecule has 0 spiro atoms. The lowest BCUT2D eigenvalue weighted by atomic mass is 10.2. The molecule has 0 aliphatic rings. The number of anilines is 1. The monoisotopic (exact) mass is 260 g/mol. The van der Waals surface area contributed by atoms with E-state index in [0.717, 1.165) is 10.7 Å². The highest BCUT2D eigenvalue weighted by Crippen LogP contribution is 2.30. The molecule has 0 aliphatic carbocycles. The number of hydrazine groups is 1. The minimum absolute atomic E-state index is 0.447. The number of nitrogen functional groups attached to an aromatic ring is 1. The van der Waals surface area contributed by atoms with Crippen molar-refractivity contribution in [2.75, 3.05) is 5.43 Å². The van der Waals surface area contributed by atoms with E-state index in [1.165, 1.54) is 16.0 Å². The Kier molecular flexibility index (Phi) is 3.84. The number of benzene rings is 1. The molecule has 1 heterocycles. The Bertz CT molecular complexity index is 569. The molecule has 0 aliphatic heterocycles. The number of aryl methyl sites for hydroxylation is 3. The molecule has 1 aromatic carbocycles. The van der Waals surface area contributed by atoms with Crippen molar-refractivity contribution >= 4 is 17.7 Å². The van der Waals surface area contributed by atoms with Crippen LogP contribution in [0.4, 0.5) is 5.95 Å². The summed E-state index contributed by atoms with van der Waals surface area (Å²) in [5, 5.41) is 0.891. The molecule has 0 bridgehead atoms. The number of hydrogen-bond acceptors (Lipinski definition) is 5. The normalized spacial score (nSPS) is 10.4. The van der Waals surface area contributed by atoms with Crippen molar-refractivity contribution in [2.24, 2.45) is 5.84 Å². The average molecular weight is 260 g/mol. The van der Waals surface area contributed by atoms with Crippen LogP contribution in [-0.2, 0) is 0 Å². The van der Waals surface area contributed by atoms with Crippen molar-refractivity contribution in [3.63, 3.8) is 0 Å². The average Bonchev–Trinajstić information content (AvgIpc) is 2.32. The second kappa shape index (κ2) is 5.37. The van der Waals surface area contributed by atoms with Gasteiger partial charge >= 0.3 is 0 Å². The fourth-order valence-electron chi connectivity index (χ4n) is 1.68. The smallest absolute Gasteiger partial charge is 0.238 e. The molecular formula is C13H16N4S. The van der Waals surface area contributed by atoms with Gasteiger partial charge in [-0.15, -0.1) is 0 Å². The van der Waals surface area contributed by atoms with Crippen LogP contribution in [0.1, 0.15) is 16.8 Å². The minimum atomic E-state index is 0.447. The molecule has 0 saturated heterocycles. The van der Waals surface area contributed by atoms with Gasteiger partial charge in [-0.25, -0.2) is 15.8 Å². The van der Waals surface area contributed by atoms with Gasteiger partial charge in [-0.05, 0) is 38.5 Å². The largest absolute Gasteiger partial charge is 0.292 e. The van der Waals surface area contributed by atoms with E-state index in [4.69, 9.17) is 5.84 Å². The fourth-order valence-corrected chi connectivity index (χ4v) is 2.63. The Morgan fingerprint density at radius 3 is 2.56 bits per heavy atom. The Labute approximate surface area is 111 Å². The van der Waals surface area contributed by atoms with Crippen LogP contribution in [0.25, 0.3) is 0 Å². The van der Waals surface area contributed by atoms with Crippen molar-refractivity contribution in [1.82, 2.24) is 9.97 Å². The van der Waals surface area contributed by atoms with E-state index in [9.17, 15) is 0 Å². The zero-order chi connectivity index (χ0) is 13.1. The third kappa shape index (κ3) is 3.00. The maximum absolute atomic E-state index is 5.35. The molecule has 0 fully saturated rings. The SMILES string of the molecule is Cc1ccc(Sc2cc(C)nc(NN)n2)c(C)c1. The maximum Gasteiger partial charge on any atom is 0.238 e. The number of hydrogen-bond donors (Lipinski definition) is 2. The molecule has 0 saturated carbocycles. The predicted octanol–water partition coefficient (Wildman–Crippen LogP) is 2.84. The van der Waals surface area contributed by atoms with Crippen LogP contribution in [-0.4, -0.2) is 9.97 Å². The van der Waals surface area contributed by atoms with Crippen LogP contribution in [0.2, 0.25) is 0 Å². The topological polar surface area (TPSA) is 63.8 Å². The summed E-state index contributed by atoms with van der Waals surface area (Å²) in [6, 6.07) is 8.33. The van der Waals surface area contributed by atoms with Crippen molar-refractivity contribution in [2.45, 2.75) is 30.7 Å². The van der Waals surface area contributed by atoms with E-state index >= 15 is 0 Å². The zero-order valence-electron chi connectivity index (χ0n) is 10.7. The van der Waals surface area contributed by atoms with Gasteiger partial charge in [0.2, 0.25) is 5.95 Å². The molecule has 2 rings (SSSR count). The van der Waals surface area contributed by atoms with Crippen LogP contribution in [0, 0.1) is 20.8 Å². The van der Waals surface area contributed by atoms with E-state index in [-0.39, 0.29) is 0 Å². The van der Waals surface area contributed by atoms with E-state index in [0.29, 0.717) is 5.95 Å². The van der Waals surface area contributed by atoms with Crippen LogP contribution >= 0.6 is 11.8 Å². The van der Waals surface area contributed by atoms with Gasteiger partial charge in [0, 0.05) is 10.6 Å². The van der Waals surface area contributed by atoms with Gasteiger partial charge in [-0.2, -0.15) is 0 Å². The van der Waals surface area contributed by atoms with Gasteiger partial charge in [-0.1, -0.05) is 29.5 Å². The molecule has 0 amide bonds. The number of nitrogens with one attached hydrogen (secondary N) is 1. The highest BCUT2D eigenvalue weighted by Gasteiger charge is 2.05. The molecule has 18 heavy (non-hydrogen) atoms. The Morgan fingerprint density at radius 1 is 1.11 bits per heavy atom. The van der Waals surface area contributed by atoms with Gasteiger partial charge in [0.25, 0.3) is 0 Å². The van der Waals surface area contributed by atoms with Gasteiger partial charge in [0.05, 0.1) is 0 Å². The third-order valence-electron chi connectivity index (χ3n) is 2.50. The number of rotatable bonds is 3. The van der Waals surface area contributed by atoms with Crippen LogP contribution in [0.15, 0.2) is 34.2 Å². The first kappa shape index (κ1) is 12.9. The summed E-state index contributed by atoms with van der Waals surface area (Å²) in [5.41, 5.74) is 5.89. The minimum Gasteiger partial charge on any atom is -0.292 e. The first-order chi connectivity index (χ1) is 8.58. The van der Waals surface area contributed by atoms with Crippen molar-refractivity contribution < 1.29 is 0 Å². The number of nitrogens with zero attached hydrogens (tertiary/aromatic N) is 2. The molecule has 0 unspecified atom stereocenters. The predicted molar refractivity (Wildman–Crippen MR) is 74.6 cm³/mol. The summed E-state index contributed by atoms with van der Waals surface area (Å²) in [5.74, 6) is 5.79. The quantitative estimate of drug-likeness (QED) is 0.505. The van der Waals surface area contributed by atoms with E-state index in [1.54, 1.807) is 11.8 Å². The molecule has 2 aromatic rings. The lowest BCUT2D eigenvalue weighted by Crippen LogP contribution is -2.11. The Hall–Kier alpha value is -1.59. The standard InChI is InChI=1S/C13H16N4S/c1-8-4-5-11(9(2)6-8)18-12-7-10(3)15-13(16-12)17-14/h4-7H,14H2,1-3H3,(H,15,16,17). The first-order valence-corrected chi connectivity index (χ1v) is 6.47. The zero-order valence-corrected chi connectivity index (χ0v) is 11.5. The van der Waals surface area contributed by atoms with Crippen LogP contribution < -0.4 is 11.3 Å². The lowest BCUT2D eigenvalue weighted by molar-refractivity contribution is 0.993. The summed E-state index contributed by atoms with van der Waals surface area (Å²) >= 11 is 1.62. The molecule has 0 radical (unpaired) electrons. The van der Waals surface area contributed by atoms with Crippen molar-refractivity contribution in [1.29, 1.82) is 0 Å². The molecule has 3 N–H and O–H groups in total. The molecule has 1 aromatic heterocycles.